The SMILES string of the molecule is CC/C=C\C/C=C\C/C=C\C/C=C\C/C=C\C/C=C\C/C=C\C/C=C\C/C=C\CCCCCCCCCCCCCCCC(=O)NC(COC1OC(CO)C(O)C(O)C1O)C(O)/C=C/CCCCCC. The Morgan fingerprint density at radius 2 is 0.886 bits per heavy atom. The topological polar surface area (TPSA) is 149 Å². The Kier molecular flexibility index (Phi) is 45.4. The first-order valence-electron chi connectivity index (χ1n) is 27.8. The van der Waals surface area contributed by atoms with E-state index >= 15 is 0 Å². The molecule has 6 N–H and O–H groups in total. The summed E-state index contributed by atoms with van der Waals surface area (Å²) >= 11 is 0. The number of nitrogens with one attached hydrogen (secondary N) is 1. The summed E-state index contributed by atoms with van der Waals surface area (Å²) in [5.74, 6) is -0.189. The number of unbranched alkanes of at least 4 members (excludes halogenated alkanes) is 17. The predicted octanol–water partition coefficient (Wildman–Crippen LogP) is 13.6. The van der Waals surface area contributed by atoms with Gasteiger partial charge in [0.25, 0.3) is 0 Å². The molecule has 0 spiro atoms. The maximum atomic E-state index is 12.9. The van der Waals surface area contributed by atoms with Crippen molar-refractivity contribution in [1.82, 2.24) is 5.32 Å². The van der Waals surface area contributed by atoms with Crippen LogP contribution in [-0.4, -0.2) is 87.5 Å². The fraction of sp³-hybridized carbons (Fsp3) is 0.656. The standard InChI is InChI=1S/C61H101NO8/c1-3-5-7-9-11-12-13-14-15-16-17-18-19-20-21-22-23-24-25-26-27-28-29-30-31-32-33-34-35-36-37-38-39-40-41-42-43-44-45-47-49-51-57(65)62-54(55(64)50-48-46-10-8-6-4-2)53-69-61-60(68)59(67)58(66)56(52-63)70-61/h5,7,11-12,14-15,17-18,20-21,23-24,26-27,29-30,32-33,48,50,54-56,58-61,63-64,66-68H,3-4,6,8-10,13,16,19,22,25,28,31,34-47,49,51-53H2,1-2H3,(H,62,65)/b7-5-,12-11-,15-14-,18-17-,21-20-,24-23-,27-26-,30-29-,33-32-,50-48+. The third kappa shape index (κ3) is 38.3. The van der Waals surface area contributed by atoms with E-state index in [0.29, 0.717) is 6.42 Å². The fourth-order valence-electron chi connectivity index (χ4n) is 7.91. The summed E-state index contributed by atoms with van der Waals surface area (Å²) in [7, 11) is 0. The number of rotatable bonds is 45. The fourth-order valence-corrected chi connectivity index (χ4v) is 7.91. The van der Waals surface area contributed by atoms with Crippen LogP contribution in [0.1, 0.15) is 200 Å². The lowest BCUT2D eigenvalue weighted by Gasteiger charge is -2.40. The summed E-state index contributed by atoms with van der Waals surface area (Å²) in [6, 6.07) is -0.808. The Bertz CT molecular complexity index is 1510. The molecule has 70 heavy (non-hydrogen) atoms. The zero-order chi connectivity index (χ0) is 50.8. The van der Waals surface area contributed by atoms with Crippen molar-refractivity contribution in [2.75, 3.05) is 13.2 Å². The van der Waals surface area contributed by atoms with Gasteiger partial charge >= 0.3 is 0 Å². The summed E-state index contributed by atoms with van der Waals surface area (Å²) < 4.78 is 11.1. The van der Waals surface area contributed by atoms with E-state index in [1.54, 1.807) is 6.08 Å². The average Bonchev–Trinajstić information content (AvgIpc) is 3.36. The minimum absolute atomic E-state index is 0.189. The van der Waals surface area contributed by atoms with Gasteiger partial charge in [-0.3, -0.25) is 4.79 Å². The number of aliphatic hydroxyl groups excluding tert-OH is 5. The van der Waals surface area contributed by atoms with Crippen LogP contribution in [0.2, 0.25) is 0 Å². The van der Waals surface area contributed by atoms with Gasteiger partial charge in [-0.1, -0.05) is 225 Å². The van der Waals surface area contributed by atoms with Crippen molar-refractivity contribution in [2.45, 2.75) is 243 Å². The van der Waals surface area contributed by atoms with Crippen molar-refractivity contribution in [3.8, 4) is 0 Å². The second-order valence-electron chi connectivity index (χ2n) is 18.6. The van der Waals surface area contributed by atoms with Crippen molar-refractivity contribution in [3.05, 3.63) is 122 Å². The van der Waals surface area contributed by atoms with Gasteiger partial charge in [0.1, 0.15) is 24.4 Å². The summed E-state index contributed by atoms with van der Waals surface area (Å²) in [5, 5.41) is 53.9. The number of hydrogen-bond acceptors (Lipinski definition) is 8. The summed E-state index contributed by atoms with van der Waals surface area (Å²) in [4.78, 5) is 12.9. The lowest BCUT2D eigenvalue weighted by atomic mass is 9.99. The van der Waals surface area contributed by atoms with Gasteiger partial charge in [-0.05, 0) is 89.9 Å². The molecule has 1 heterocycles. The molecule has 0 aromatic heterocycles. The number of hydrogen-bond donors (Lipinski definition) is 6. The van der Waals surface area contributed by atoms with E-state index in [0.717, 1.165) is 109 Å². The highest BCUT2D eigenvalue weighted by atomic mass is 16.7. The number of ether oxygens (including phenoxy) is 2. The molecule has 9 heteroatoms. The maximum absolute atomic E-state index is 12.9. The molecular formula is C61H101NO8. The van der Waals surface area contributed by atoms with Crippen LogP contribution in [0.25, 0.3) is 0 Å². The molecule has 0 aliphatic carbocycles. The normalized spacial score (nSPS) is 20.4. The minimum Gasteiger partial charge on any atom is -0.394 e. The first-order chi connectivity index (χ1) is 34.3. The Balaban J connectivity index is 2.03. The Labute approximate surface area is 427 Å². The predicted molar refractivity (Wildman–Crippen MR) is 294 cm³/mol. The number of carbonyl (C=O) groups is 1. The Hall–Kier alpha value is -3.41. The van der Waals surface area contributed by atoms with E-state index in [-0.39, 0.29) is 12.5 Å². The molecular weight excluding hydrogens is 875 g/mol. The molecule has 1 saturated heterocycles. The van der Waals surface area contributed by atoms with Crippen LogP contribution in [0.4, 0.5) is 0 Å². The third-order valence-corrected chi connectivity index (χ3v) is 12.3. The number of allylic oxidation sites excluding steroid dienone is 19. The molecule has 1 amide bonds. The van der Waals surface area contributed by atoms with E-state index in [4.69, 9.17) is 9.47 Å². The molecule has 0 saturated carbocycles. The van der Waals surface area contributed by atoms with Crippen LogP contribution in [0.15, 0.2) is 122 Å². The van der Waals surface area contributed by atoms with Gasteiger partial charge in [-0.25, -0.2) is 0 Å². The molecule has 0 aromatic rings. The highest BCUT2D eigenvalue weighted by Gasteiger charge is 2.44. The molecule has 0 radical (unpaired) electrons. The van der Waals surface area contributed by atoms with Crippen LogP contribution < -0.4 is 5.32 Å². The van der Waals surface area contributed by atoms with Crippen LogP contribution in [0.3, 0.4) is 0 Å². The number of carbonyl (C=O) groups excluding carboxylic acids is 1. The first-order valence-corrected chi connectivity index (χ1v) is 27.8. The van der Waals surface area contributed by atoms with Gasteiger partial charge in [0.15, 0.2) is 6.29 Å². The smallest absolute Gasteiger partial charge is 0.220 e. The number of aliphatic hydroxyl groups is 5. The van der Waals surface area contributed by atoms with Gasteiger partial charge in [-0.15, -0.1) is 0 Å². The largest absolute Gasteiger partial charge is 0.394 e. The van der Waals surface area contributed by atoms with Crippen LogP contribution >= 0.6 is 0 Å². The second kappa shape index (κ2) is 49.2. The molecule has 7 unspecified atom stereocenters. The van der Waals surface area contributed by atoms with Crippen molar-refractivity contribution in [3.63, 3.8) is 0 Å². The van der Waals surface area contributed by atoms with Crippen molar-refractivity contribution in [2.24, 2.45) is 0 Å². The van der Waals surface area contributed by atoms with E-state index < -0.39 is 49.5 Å². The summed E-state index contributed by atoms with van der Waals surface area (Å²) in [6.45, 7) is 3.55. The highest BCUT2D eigenvalue weighted by molar-refractivity contribution is 5.76. The molecule has 1 aliphatic rings. The maximum Gasteiger partial charge on any atom is 0.220 e. The molecule has 0 aromatic carbocycles. The highest BCUT2D eigenvalue weighted by Crippen LogP contribution is 2.23. The Morgan fingerprint density at radius 3 is 1.31 bits per heavy atom. The molecule has 7 atom stereocenters. The van der Waals surface area contributed by atoms with E-state index in [2.05, 4.69) is 129 Å². The van der Waals surface area contributed by atoms with Crippen molar-refractivity contribution >= 4 is 5.91 Å². The molecule has 1 rings (SSSR count). The summed E-state index contributed by atoms with van der Waals surface area (Å²) in [5.41, 5.74) is 0. The first kappa shape index (κ1) is 64.6. The zero-order valence-corrected chi connectivity index (χ0v) is 44.0. The molecule has 0 bridgehead atoms. The van der Waals surface area contributed by atoms with Gasteiger partial charge in [0, 0.05) is 6.42 Å². The van der Waals surface area contributed by atoms with Crippen molar-refractivity contribution in [1.29, 1.82) is 0 Å². The Morgan fingerprint density at radius 1 is 0.500 bits per heavy atom. The quantitative estimate of drug-likeness (QED) is 0.0261. The minimum atomic E-state index is -1.57. The van der Waals surface area contributed by atoms with Gasteiger partial charge in [-0.2, -0.15) is 0 Å². The van der Waals surface area contributed by atoms with E-state index in [1.165, 1.54) is 70.6 Å². The van der Waals surface area contributed by atoms with Crippen LogP contribution in [-0.2, 0) is 14.3 Å². The van der Waals surface area contributed by atoms with Crippen LogP contribution in [0, 0.1) is 0 Å². The third-order valence-electron chi connectivity index (χ3n) is 12.3. The zero-order valence-electron chi connectivity index (χ0n) is 44.0. The lowest BCUT2D eigenvalue weighted by molar-refractivity contribution is -0.302. The van der Waals surface area contributed by atoms with Gasteiger partial charge < -0.3 is 40.3 Å². The number of amides is 1. The van der Waals surface area contributed by atoms with Crippen LogP contribution in [0.5, 0.6) is 0 Å². The van der Waals surface area contributed by atoms with Gasteiger partial charge in [0.05, 0.1) is 25.4 Å². The van der Waals surface area contributed by atoms with Crippen molar-refractivity contribution < 1.29 is 39.8 Å². The van der Waals surface area contributed by atoms with Gasteiger partial charge in [0.2, 0.25) is 5.91 Å². The van der Waals surface area contributed by atoms with E-state index in [9.17, 15) is 30.3 Å². The molecule has 1 fully saturated rings. The summed E-state index contributed by atoms with van der Waals surface area (Å²) in [6.07, 6.45) is 67.5. The molecule has 1 aliphatic heterocycles. The molecule has 9 nitrogen and oxygen atoms in total. The van der Waals surface area contributed by atoms with E-state index in [1.807, 2.05) is 6.08 Å². The average molecular weight is 976 g/mol. The second-order valence-corrected chi connectivity index (χ2v) is 18.6. The lowest BCUT2D eigenvalue weighted by Crippen LogP contribution is -2.60. The molecule has 398 valence electrons. The monoisotopic (exact) mass is 976 g/mol.